The van der Waals surface area contributed by atoms with Crippen LogP contribution in [0.2, 0.25) is 0 Å². The summed E-state index contributed by atoms with van der Waals surface area (Å²) in [5, 5.41) is 14.2. The Hall–Kier alpha value is -1.40. The first-order valence-corrected chi connectivity index (χ1v) is 8.53. The van der Waals surface area contributed by atoms with Gasteiger partial charge in [0, 0.05) is 37.6 Å². The summed E-state index contributed by atoms with van der Waals surface area (Å²) < 4.78 is 11.0. The molecule has 2 atom stereocenters. The second-order valence-electron chi connectivity index (χ2n) is 6.99. The maximum atomic E-state index is 12.5. The molecule has 2 fully saturated rings. The van der Waals surface area contributed by atoms with Crippen LogP contribution in [0.5, 0.6) is 0 Å². The Kier molecular flexibility index (Phi) is 4.47. The van der Waals surface area contributed by atoms with E-state index < -0.39 is 0 Å². The molecule has 1 saturated heterocycles. The molecule has 1 aromatic heterocycles. The number of carbonyl (C=O) groups is 1. The lowest BCUT2D eigenvalue weighted by Gasteiger charge is -2.56. The van der Waals surface area contributed by atoms with Gasteiger partial charge < -0.3 is 19.3 Å². The van der Waals surface area contributed by atoms with E-state index in [-0.39, 0.29) is 29.4 Å². The minimum Gasteiger partial charge on any atom is -0.392 e. The van der Waals surface area contributed by atoms with Crippen LogP contribution in [0.15, 0.2) is 10.6 Å². The van der Waals surface area contributed by atoms with Gasteiger partial charge in [0.05, 0.1) is 17.9 Å². The Morgan fingerprint density at radius 1 is 1.52 bits per heavy atom. The molecule has 6 nitrogen and oxygen atoms in total. The number of hydrogen-bond acceptors (Lipinski definition) is 5. The molecule has 1 N–H and O–H groups in total. The molecule has 1 aliphatic heterocycles. The third kappa shape index (κ3) is 2.78. The molecule has 23 heavy (non-hydrogen) atoms. The highest BCUT2D eigenvalue weighted by molar-refractivity contribution is 5.91. The topological polar surface area (TPSA) is 75.8 Å². The maximum Gasteiger partial charge on any atom is 0.292 e. The molecular weight excluding hydrogens is 296 g/mol. The van der Waals surface area contributed by atoms with Crippen molar-refractivity contribution < 1.29 is 19.2 Å². The standard InChI is InChI=1S/C17H26N2O4/c1-4-22-15-10-14(20)17(15)5-7-19(8-6-17)16(21)13-9-12(11(2)3)18-23-13/h9,11,14-15,20H,4-8,10H2,1-3H3/t14-,15-/m0/s1. The number of likely N-dealkylation sites (tertiary alicyclic amines) is 1. The van der Waals surface area contributed by atoms with Crippen molar-refractivity contribution in [3.05, 3.63) is 17.5 Å². The van der Waals surface area contributed by atoms with E-state index in [0.29, 0.717) is 31.9 Å². The largest absolute Gasteiger partial charge is 0.392 e. The lowest BCUT2D eigenvalue weighted by molar-refractivity contribution is -0.207. The van der Waals surface area contributed by atoms with Gasteiger partial charge >= 0.3 is 0 Å². The van der Waals surface area contributed by atoms with Crippen LogP contribution in [0.1, 0.15) is 62.2 Å². The fraction of sp³-hybridized carbons (Fsp3) is 0.765. The van der Waals surface area contributed by atoms with Crippen LogP contribution in [0.25, 0.3) is 0 Å². The Balaban J connectivity index is 1.63. The first-order valence-electron chi connectivity index (χ1n) is 8.53. The van der Waals surface area contributed by atoms with E-state index in [1.807, 2.05) is 20.8 Å². The summed E-state index contributed by atoms with van der Waals surface area (Å²) in [6.45, 7) is 7.92. The molecule has 1 amide bonds. The minimum absolute atomic E-state index is 0.110. The summed E-state index contributed by atoms with van der Waals surface area (Å²) in [5.74, 6) is 0.434. The zero-order valence-corrected chi connectivity index (χ0v) is 14.1. The van der Waals surface area contributed by atoms with E-state index in [9.17, 15) is 9.90 Å². The SMILES string of the molecule is CCO[C@H]1C[C@H](O)C12CCN(C(=O)c1cc(C(C)C)no1)CC2. The average Bonchev–Trinajstić information content (AvgIpc) is 3.04. The molecule has 0 aromatic carbocycles. The number of aliphatic hydroxyl groups is 1. The maximum absolute atomic E-state index is 12.5. The van der Waals surface area contributed by atoms with E-state index in [1.54, 1.807) is 11.0 Å². The summed E-state index contributed by atoms with van der Waals surface area (Å²) in [4.78, 5) is 14.3. The molecule has 1 aromatic rings. The first-order chi connectivity index (χ1) is 11.0. The van der Waals surface area contributed by atoms with Crippen LogP contribution in [0.3, 0.4) is 0 Å². The van der Waals surface area contributed by atoms with Crippen LogP contribution in [0, 0.1) is 5.41 Å². The Morgan fingerprint density at radius 2 is 2.22 bits per heavy atom. The Labute approximate surface area is 136 Å². The average molecular weight is 322 g/mol. The number of aromatic nitrogens is 1. The predicted octanol–water partition coefficient (Wildman–Crippen LogP) is 2.19. The van der Waals surface area contributed by atoms with Gasteiger partial charge in [0.15, 0.2) is 0 Å². The number of nitrogens with zero attached hydrogens (tertiary/aromatic N) is 2. The van der Waals surface area contributed by atoms with Crippen molar-refractivity contribution in [1.82, 2.24) is 10.1 Å². The Bertz CT molecular complexity index is 559. The van der Waals surface area contributed by atoms with Crippen molar-refractivity contribution in [1.29, 1.82) is 0 Å². The van der Waals surface area contributed by atoms with Crippen molar-refractivity contribution in [2.45, 2.75) is 58.2 Å². The van der Waals surface area contributed by atoms with Gasteiger partial charge in [-0.05, 0) is 25.7 Å². The predicted molar refractivity (Wildman–Crippen MR) is 84.2 cm³/mol. The minimum atomic E-state index is -0.311. The first kappa shape index (κ1) is 16.5. The van der Waals surface area contributed by atoms with Crippen LogP contribution >= 0.6 is 0 Å². The number of carbonyl (C=O) groups excluding carboxylic acids is 1. The third-order valence-electron chi connectivity index (χ3n) is 5.42. The molecule has 1 saturated carbocycles. The van der Waals surface area contributed by atoms with E-state index in [0.717, 1.165) is 18.5 Å². The van der Waals surface area contributed by atoms with Crippen molar-refractivity contribution >= 4 is 5.91 Å². The van der Waals surface area contributed by atoms with Gasteiger partial charge in [-0.15, -0.1) is 0 Å². The zero-order chi connectivity index (χ0) is 16.6. The van der Waals surface area contributed by atoms with Gasteiger partial charge in [0.25, 0.3) is 5.91 Å². The summed E-state index contributed by atoms with van der Waals surface area (Å²) in [7, 11) is 0. The molecule has 0 bridgehead atoms. The monoisotopic (exact) mass is 322 g/mol. The molecule has 3 rings (SSSR count). The number of rotatable bonds is 4. The molecule has 2 heterocycles. The summed E-state index contributed by atoms with van der Waals surface area (Å²) >= 11 is 0. The van der Waals surface area contributed by atoms with Crippen molar-refractivity contribution in [3.63, 3.8) is 0 Å². The molecule has 0 radical (unpaired) electrons. The van der Waals surface area contributed by atoms with Gasteiger partial charge in [-0.25, -0.2) is 0 Å². The highest BCUT2D eigenvalue weighted by Crippen LogP contribution is 2.51. The van der Waals surface area contributed by atoms with Crippen LogP contribution in [-0.2, 0) is 4.74 Å². The smallest absolute Gasteiger partial charge is 0.292 e. The normalized spacial score (nSPS) is 26.6. The highest BCUT2D eigenvalue weighted by Gasteiger charge is 2.56. The summed E-state index contributed by atoms with van der Waals surface area (Å²) in [5.41, 5.74) is 0.629. The molecular formula is C17H26N2O4. The lowest BCUT2D eigenvalue weighted by Crippen LogP contribution is -2.62. The summed E-state index contributed by atoms with van der Waals surface area (Å²) in [6.07, 6.45) is 2.07. The second kappa shape index (κ2) is 6.24. The summed E-state index contributed by atoms with van der Waals surface area (Å²) in [6, 6.07) is 1.73. The molecule has 128 valence electrons. The number of ether oxygens (including phenoxy) is 1. The fourth-order valence-corrected chi connectivity index (χ4v) is 3.76. The zero-order valence-electron chi connectivity index (χ0n) is 14.1. The van der Waals surface area contributed by atoms with Crippen LogP contribution in [0.4, 0.5) is 0 Å². The van der Waals surface area contributed by atoms with Gasteiger partial charge in [-0.2, -0.15) is 0 Å². The van der Waals surface area contributed by atoms with Gasteiger partial charge in [0.1, 0.15) is 0 Å². The molecule has 1 aliphatic carbocycles. The number of hydrogen-bond donors (Lipinski definition) is 1. The second-order valence-corrected chi connectivity index (χ2v) is 6.99. The number of aliphatic hydroxyl groups excluding tert-OH is 1. The molecule has 0 unspecified atom stereocenters. The van der Waals surface area contributed by atoms with Gasteiger partial charge in [-0.3, -0.25) is 4.79 Å². The number of piperidine rings is 1. The third-order valence-corrected chi connectivity index (χ3v) is 5.42. The van der Waals surface area contributed by atoms with Crippen molar-refractivity contribution in [2.24, 2.45) is 5.41 Å². The van der Waals surface area contributed by atoms with E-state index >= 15 is 0 Å². The van der Waals surface area contributed by atoms with Gasteiger partial charge in [-0.1, -0.05) is 19.0 Å². The lowest BCUT2D eigenvalue weighted by atomic mass is 9.58. The van der Waals surface area contributed by atoms with E-state index in [1.165, 1.54) is 0 Å². The van der Waals surface area contributed by atoms with E-state index in [4.69, 9.17) is 9.26 Å². The van der Waals surface area contributed by atoms with Crippen LogP contribution < -0.4 is 0 Å². The Morgan fingerprint density at radius 3 is 2.74 bits per heavy atom. The van der Waals surface area contributed by atoms with Gasteiger partial charge in [0.2, 0.25) is 5.76 Å². The van der Waals surface area contributed by atoms with Crippen molar-refractivity contribution in [2.75, 3.05) is 19.7 Å². The highest BCUT2D eigenvalue weighted by atomic mass is 16.5. The fourth-order valence-electron chi connectivity index (χ4n) is 3.76. The molecule has 1 spiro atoms. The number of amides is 1. The molecule has 2 aliphatic rings. The quantitative estimate of drug-likeness (QED) is 0.919. The molecule has 6 heteroatoms. The van der Waals surface area contributed by atoms with Crippen molar-refractivity contribution in [3.8, 4) is 0 Å². The van der Waals surface area contributed by atoms with Crippen LogP contribution in [-0.4, -0.2) is 53.0 Å². The van der Waals surface area contributed by atoms with E-state index in [2.05, 4.69) is 5.16 Å².